The van der Waals surface area contributed by atoms with Crippen LogP contribution in [0.4, 0.5) is 10.2 Å². The molecule has 0 saturated carbocycles. The molecule has 2 heterocycles. The number of carbonyl (C=O) groups is 1. The number of rotatable bonds is 9. The Morgan fingerprint density at radius 3 is 2.67 bits per heavy atom. The molecule has 0 aliphatic heterocycles. The van der Waals surface area contributed by atoms with Crippen molar-refractivity contribution in [1.82, 2.24) is 9.97 Å². The maximum atomic E-state index is 13.6. The maximum Gasteiger partial charge on any atom is 0.229 e. The maximum absolute atomic E-state index is 13.6. The first-order valence-electron chi connectivity index (χ1n) is 11.3. The monoisotopic (exact) mass is 481 g/mol. The lowest BCUT2D eigenvalue weighted by Crippen LogP contribution is -2.24. The molecule has 0 bridgehead atoms. The molecule has 8 heteroatoms. The van der Waals surface area contributed by atoms with E-state index in [2.05, 4.69) is 16.4 Å². The van der Waals surface area contributed by atoms with Crippen LogP contribution in [0.5, 0.6) is 5.88 Å². The number of methoxy groups -OCH3 is 1. The fourth-order valence-electron chi connectivity index (χ4n) is 4.00. The number of carbonyl (C=O) groups excluding carboxylic acids is 1. The number of aromatic nitrogens is 2. The van der Waals surface area contributed by atoms with E-state index in [9.17, 15) is 14.4 Å². The number of nitrogens with one attached hydrogen (secondary N) is 1. The van der Waals surface area contributed by atoms with E-state index < -0.39 is 11.8 Å². The zero-order valence-corrected chi connectivity index (χ0v) is 19.6. The smallest absolute Gasteiger partial charge is 0.229 e. The Morgan fingerprint density at radius 1 is 1.14 bits per heavy atom. The van der Waals surface area contributed by atoms with Gasteiger partial charge in [-0.25, -0.2) is 14.4 Å². The summed E-state index contributed by atoms with van der Waals surface area (Å²) in [6.07, 6.45) is 2.08. The molecule has 36 heavy (non-hydrogen) atoms. The number of nitriles is 1. The number of benzene rings is 2. The summed E-state index contributed by atoms with van der Waals surface area (Å²) >= 11 is 0. The summed E-state index contributed by atoms with van der Waals surface area (Å²) < 4.78 is 18.7. The van der Waals surface area contributed by atoms with Crippen molar-refractivity contribution < 1.29 is 13.9 Å². The minimum absolute atomic E-state index is 0.303. The number of halogens is 1. The molecule has 4 rings (SSSR count). The van der Waals surface area contributed by atoms with Crippen molar-refractivity contribution in [1.29, 1.82) is 5.26 Å². The van der Waals surface area contributed by atoms with Crippen molar-refractivity contribution >= 4 is 11.7 Å². The third kappa shape index (κ3) is 5.47. The number of hydrogen-bond acceptors (Lipinski definition) is 6. The molecule has 0 fully saturated rings. The highest BCUT2D eigenvalue weighted by molar-refractivity contribution is 5.87. The lowest BCUT2D eigenvalue weighted by atomic mass is 9.91. The van der Waals surface area contributed by atoms with E-state index in [0.717, 1.165) is 5.56 Å². The molecule has 180 valence electrons. The molecule has 2 aromatic heterocycles. The number of ether oxygens (including phenoxy) is 1. The predicted molar refractivity (Wildman–Crippen MR) is 135 cm³/mol. The van der Waals surface area contributed by atoms with Gasteiger partial charge in [0.1, 0.15) is 11.6 Å². The molecule has 0 saturated heterocycles. The summed E-state index contributed by atoms with van der Waals surface area (Å²) in [5.41, 5.74) is 9.52. The Morgan fingerprint density at radius 2 is 1.97 bits per heavy atom. The van der Waals surface area contributed by atoms with Crippen LogP contribution in [-0.4, -0.2) is 29.5 Å². The molecule has 4 aromatic rings. The summed E-state index contributed by atoms with van der Waals surface area (Å²) in [6.45, 7) is 0.430. The van der Waals surface area contributed by atoms with Crippen LogP contribution in [0.15, 0.2) is 79.0 Å². The van der Waals surface area contributed by atoms with Crippen molar-refractivity contribution in [3.05, 3.63) is 107 Å². The average Bonchev–Trinajstić information content (AvgIpc) is 2.90. The average molecular weight is 482 g/mol. The molecule has 0 radical (unpaired) electrons. The van der Waals surface area contributed by atoms with E-state index in [1.807, 2.05) is 18.2 Å². The Bertz CT molecular complexity index is 1420. The zero-order chi connectivity index (χ0) is 25.5. The van der Waals surface area contributed by atoms with Gasteiger partial charge in [0.15, 0.2) is 0 Å². The fraction of sp³-hybridized carbons (Fsp3) is 0.143. The Hall–Kier alpha value is -4.77. The molecule has 1 atom stereocenters. The van der Waals surface area contributed by atoms with E-state index in [1.54, 1.807) is 48.7 Å². The van der Waals surface area contributed by atoms with Crippen LogP contribution in [0.25, 0.3) is 11.3 Å². The second-order valence-corrected chi connectivity index (χ2v) is 8.07. The van der Waals surface area contributed by atoms with Gasteiger partial charge in [-0.3, -0.25) is 4.79 Å². The highest BCUT2D eigenvalue weighted by Gasteiger charge is 2.25. The standard InChI is InChI=1S/C28H24FN5O2/c1-36-25-12-9-20(17-33-25)26(27(31)35)23-10-11-24(22-8-3-2-6-19(22)16-30)34-28(23)32-14-13-18-5-4-7-21(29)15-18/h2-12,15,17,26H,13-14H2,1H3,(H2,31,35)(H,32,34). The molecule has 2 aromatic carbocycles. The van der Waals surface area contributed by atoms with Crippen molar-refractivity contribution in [3.8, 4) is 23.2 Å². The molecule has 0 aliphatic rings. The minimum Gasteiger partial charge on any atom is -0.481 e. The molecular weight excluding hydrogens is 457 g/mol. The molecule has 0 spiro atoms. The third-order valence-electron chi connectivity index (χ3n) is 5.74. The summed E-state index contributed by atoms with van der Waals surface area (Å²) in [4.78, 5) is 21.6. The van der Waals surface area contributed by atoms with Gasteiger partial charge in [0, 0.05) is 29.9 Å². The Kier molecular flexibility index (Phi) is 7.51. The molecule has 0 aliphatic carbocycles. The van der Waals surface area contributed by atoms with Crippen LogP contribution in [0.1, 0.15) is 28.2 Å². The van der Waals surface area contributed by atoms with Crippen LogP contribution in [0, 0.1) is 17.1 Å². The summed E-state index contributed by atoms with van der Waals surface area (Å²) in [5, 5.41) is 12.8. The largest absolute Gasteiger partial charge is 0.481 e. The summed E-state index contributed by atoms with van der Waals surface area (Å²) in [6, 6.07) is 22.6. The van der Waals surface area contributed by atoms with E-state index in [-0.39, 0.29) is 5.82 Å². The highest BCUT2D eigenvalue weighted by Crippen LogP contribution is 2.32. The van der Waals surface area contributed by atoms with E-state index in [4.69, 9.17) is 15.5 Å². The first kappa shape index (κ1) is 24.4. The number of nitrogens with zero attached hydrogens (tertiary/aromatic N) is 3. The Labute approximate surface area is 208 Å². The van der Waals surface area contributed by atoms with E-state index in [0.29, 0.717) is 52.6 Å². The normalized spacial score (nSPS) is 11.4. The van der Waals surface area contributed by atoms with E-state index in [1.165, 1.54) is 19.2 Å². The fourth-order valence-corrected chi connectivity index (χ4v) is 4.00. The predicted octanol–water partition coefficient (Wildman–Crippen LogP) is 4.43. The number of amides is 1. The molecule has 1 unspecified atom stereocenters. The third-order valence-corrected chi connectivity index (χ3v) is 5.74. The number of hydrogen-bond donors (Lipinski definition) is 2. The van der Waals surface area contributed by atoms with Gasteiger partial charge < -0.3 is 15.8 Å². The number of pyridine rings is 2. The first-order chi connectivity index (χ1) is 17.5. The van der Waals surface area contributed by atoms with Gasteiger partial charge >= 0.3 is 0 Å². The summed E-state index contributed by atoms with van der Waals surface area (Å²) in [5.74, 6) is -0.842. The van der Waals surface area contributed by atoms with Crippen LogP contribution in [-0.2, 0) is 11.2 Å². The van der Waals surface area contributed by atoms with Crippen LogP contribution >= 0.6 is 0 Å². The first-order valence-corrected chi connectivity index (χ1v) is 11.3. The van der Waals surface area contributed by atoms with Crippen LogP contribution in [0.2, 0.25) is 0 Å². The van der Waals surface area contributed by atoms with Gasteiger partial charge in [0.2, 0.25) is 11.8 Å². The number of nitrogens with two attached hydrogens (primary N) is 1. The van der Waals surface area contributed by atoms with Gasteiger partial charge in [-0.05, 0) is 41.8 Å². The van der Waals surface area contributed by atoms with Crippen molar-refractivity contribution in [3.63, 3.8) is 0 Å². The SMILES string of the molecule is COc1ccc(C(C(N)=O)c2ccc(-c3ccccc3C#N)nc2NCCc2cccc(F)c2)cn1. The number of anilines is 1. The van der Waals surface area contributed by atoms with E-state index >= 15 is 0 Å². The van der Waals surface area contributed by atoms with Gasteiger partial charge in [0.25, 0.3) is 0 Å². The second kappa shape index (κ2) is 11.1. The molecular formula is C28H24FN5O2. The summed E-state index contributed by atoms with van der Waals surface area (Å²) in [7, 11) is 1.51. The van der Waals surface area contributed by atoms with Crippen molar-refractivity contribution in [2.24, 2.45) is 5.73 Å². The Balaban J connectivity index is 1.74. The quantitative estimate of drug-likeness (QED) is 0.365. The lowest BCUT2D eigenvalue weighted by Gasteiger charge is -2.20. The minimum atomic E-state index is -0.826. The van der Waals surface area contributed by atoms with Gasteiger partial charge in [0.05, 0.1) is 30.4 Å². The van der Waals surface area contributed by atoms with Gasteiger partial charge in [-0.1, -0.05) is 42.5 Å². The molecule has 7 nitrogen and oxygen atoms in total. The number of primary amides is 1. The highest BCUT2D eigenvalue weighted by atomic mass is 19.1. The lowest BCUT2D eigenvalue weighted by molar-refractivity contribution is -0.118. The van der Waals surface area contributed by atoms with Crippen LogP contribution < -0.4 is 15.8 Å². The van der Waals surface area contributed by atoms with Crippen molar-refractivity contribution in [2.75, 3.05) is 19.0 Å². The van der Waals surface area contributed by atoms with Gasteiger partial charge in [-0.15, -0.1) is 0 Å². The molecule has 3 N–H and O–H groups in total. The van der Waals surface area contributed by atoms with Crippen LogP contribution in [0.3, 0.4) is 0 Å². The topological polar surface area (TPSA) is 114 Å². The zero-order valence-electron chi connectivity index (χ0n) is 19.6. The van der Waals surface area contributed by atoms with Crippen molar-refractivity contribution in [2.45, 2.75) is 12.3 Å². The second-order valence-electron chi connectivity index (χ2n) is 8.07. The molecule has 1 amide bonds. The van der Waals surface area contributed by atoms with Gasteiger partial charge in [-0.2, -0.15) is 5.26 Å².